The maximum absolute atomic E-state index is 12.4. The van der Waals surface area contributed by atoms with Gasteiger partial charge in [-0.25, -0.2) is 4.98 Å². The van der Waals surface area contributed by atoms with Crippen molar-refractivity contribution in [2.75, 3.05) is 25.5 Å². The van der Waals surface area contributed by atoms with Crippen LogP contribution in [0, 0.1) is 0 Å². The topological polar surface area (TPSA) is 45.2 Å². The van der Waals surface area contributed by atoms with E-state index >= 15 is 0 Å². The van der Waals surface area contributed by atoms with Crippen molar-refractivity contribution in [3.8, 4) is 0 Å². The molecule has 0 aliphatic carbocycles. The Morgan fingerprint density at radius 1 is 1.33 bits per heavy atom. The fourth-order valence-corrected chi connectivity index (χ4v) is 1.88. The molecule has 0 fully saturated rings. The van der Waals surface area contributed by atoms with Gasteiger partial charge in [-0.2, -0.15) is 0 Å². The number of hydrogen-bond acceptors (Lipinski definition) is 3. The number of rotatable bonds is 6. The van der Waals surface area contributed by atoms with E-state index in [9.17, 15) is 4.79 Å². The summed E-state index contributed by atoms with van der Waals surface area (Å²) in [5, 5.41) is 3.00. The van der Waals surface area contributed by atoms with Gasteiger partial charge >= 0.3 is 0 Å². The minimum atomic E-state index is 0.0907. The normalized spacial score (nSPS) is 10.2. The van der Waals surface area contributed by atoms with Crippen molar-refractivity contribution in [1.82, 2.24) is 9.88 Å². The van der Waals surface area contributed by atoms with E-state index in [1.807, 2.05) is 37.9 Å². The minimum absolute atomic E-state index is 0.0907. The second kappa shape index (κ2) is 6.99. The first-order chi connectivity index (χ1) is 8.65. The van der Waals surface area contributed by atoms with Crippen LogP contribution in [0.4, 0.5) is 5.82 Å². The number of hydrogen-bond donors (Lipinski definition) is 1. The standard InChI is InChI=1S/C14H23N3O/c1-5-8-17(7-3)14(18)11-9-12(6-2)16-13(10-11)15-4/h9-10H,5-8H2,1-4H3,(H,15,16). The van der Waals surface area contributed by atoms with Gasteiger partial charge in [0.2, 0.25) is 0 Å². The Morgan fingerprint density at radius 3 is 2.56 bits per heavy atom. The lowest BCUT2D eigenvalue weighted by Crippen LogP contribution is -2.31. The summed E-state index contributed by atoms with van der Waals surface area (Å²) in [7, 11) is 1.82. The fourth-order valence-electron chi connectivity index (χ4n) is 1.88. The SMILES string of the molecule is CCCN(CC)C(=O)c1cc(CC)nc(NC)c1. The second-order valence-electron chi connectivity index (χ2n) is 4.22. The molecular weight excluding hydrogens is 226 g/mol. The summed E-state index contributed by atoms with van der Waals surface area (Å²) in [6.45, 7) is 7.67. The smallest absolute Gasteiger partial charge is 0.254 e. The Morgan fingerprint density at radius 2 is 2.06 bits per heavy atom. The Kier molecular flexibility index (Phi) is 5.62. The highest BCUT2D eigenvalue weighted by molar-refractivity contribution is 5.95. The molecule has 0 atom stereocenters. The molecule has 0 aromatic carbocycles. The molecule has 1 aromatic rings. The number of anilines is 1. The van der Waals surface area contributed by atoms with Gasteiger partial charge in [-0.3, -0.25) is 4.79 Å². The Bertz CT molecular complexity index is 382. The van der Waals surface area contributed by atoms with E-state index in [4.69, 9.17) is 0 Å². The molecule has 4 heteroatoms. The van der Waals surface area contributed by atoms with Gasteiger partial charge < -0.3 is 10.2 Å². The number of nitrogens with one attached hydrogen (secondary N) is 1. The van der Waals surface area contributed by atoms with E-state index in [2.05, 4.69) is 17.2 Å². The summed E-state index contributed by atoms with van der Waals surface area (Å²) in [4.78, 5) is 18.6. The molecule has 1 heterocycles. The number of carbonyl (C=O) groups is 1. The average molecular weight is 249 g/mol. The maximum atomic E-state index is 12.4. The van der Waals surface area contributed by atoms with Crippen molar-refractivity contribution in [2.45, 2.75) is 33.6 Å². The Hall–Kier alpha value is -1.58. The Balaban J connectivity index is 3.03. The van der Waals surface area contributed by atoms with Crippen molar-refractivity contribution in [1.29, 1.82) is 0 Å². The van der Waals surface area contributed by atoms with E-state index < -0.39 is 0 Å². The number of aryl methyl sites for hydroxylation is 1. The van der Waals surface area contributed by atoms with Crippen LogP contribution >= 0.6 is 0 Å². The predicted octanol–water partition coefficient (Wildman–Crippen LogP) is 2.56. The van der Waals surface area contributed by atoms with E-state index in [1.54, 1.807) is 0 Å². The van der Waals surface area contributed by atoms with Gasteiger partial charge in [0.1, 0.15) is 5.82 Å². The van der Waals surface area contributed by atoms with Crippen LogP contribution in [0.25, 0.3) is 0 Å². The summed E-state index contributed by atoms with van der Waals surface area (Å²) in [6.07, 6.45) is 1.81. The third kappa shape index (κ3) is 3.45. The first kappa shape index (κ1) is 14.5. The van der Waals surface area contributed by atoms with Crippen LogP contribution in [0.2, 0.25) is 0 Å². The number of carbonyl (C=O) groups excluding carboxylic acids is 1. The van der Waals surface area contributed by atoms with Crippen LogP contribution in [-0.2, 0) is 6.42 Å². The summed E-state index contributed by atoms with van der Waals surface area (Å²) >= 11 is 0. The molecule has 1 N–H and O–H groups in total. The molecule has 0 saturated heterocycles. The molecule has 0 radical (unpaired) electrons. The molecule has 1 amide bonds. The number of amides is 1. The van der Waals surface area contributed by atoms with Crippen molar-refractivity contribution in [2.24, 2.45) is 0 Å². The lowest BCUT2D eigenvalue weighted by atomic mass is 10.1. The molecule has 18 heavy (non-hydrogen) atoms. The van der Waals surface area contributed by atoms with Crippen LogP contribution in [0.5, 0.6) is 0 Å². The van der Waals surface area contributed by atoms with E-state index in [-0.39, 0.29) is 5.91 Å². The molecule has 0 bridgehead atoms. The van der Waals surface area contributed by atoms with Crippen LogP contribution in [0.1, 0.15) is 43.2 Å². The van der Waals surface area contributed by atoms with Gasteiger partial charge in [-0.15, -0.1) is 0 Å². The monoisotopic (exact) mass is 249 g/mol. The molecule has 0 aliphatic heterocycles. The van der Waals surface area contributed by atoms with Gasteiger partial charge in [-0.1, -0.05) is 13.8 Å². The zero-order valence-corrected chi connectivity index (χ0v) is 11.8. The van der Waals surface area contributed by atoms with E-state index in [1.165, 1.54) is 0 Å². The van der Waals surface area contributed by atoms with Crippen molar-refractivity contribution < 1.29 is 4.79 Å². The van der Waals surface area contributed by atoms with Crippen LogP contribution in [0.3, 0.4) is 0 Å². The van der Waals surface area contributed by atoms with Gasteiger partial charge in [0.15, 0.2) is 0 Å². The van der Waals surface area contributed by atoms with E-state index in [0.29, 0.717) is 0 Å². The van der Waals surface area contributed by atoms with E-state index in [0.717, 1.165) is 43.0 Å². The van der Waals surface area contributed by atoms with Crippen molar-refractivity contribution in [3.63, 3.8) is 0 Å². The number of aromatic nitrogens is 1. The third-order valence-electron chi connectivity index (χ3n) is 2.91. The first-order valence-electron chi connectivity index (χ1n) is 6.64. The summed E-state index contributed by atoms with van der Waals surface area (Å²) in [5.74, 6) is 0.846. The summed E-state index contributed by atoms with van der Waals surface area (Å²) in [6, 6.07) is 3.71. The molecule has 1 rings (SSSR count). The number of pyridine rings is 1. The number of nitrogens with zero attached hydrogens (tertiary/aromatic N) is 2. The molecule has 100 valence electrons. The highest BCUT2D eigenvalue weighted by Crippen LogP contribution is 2.13. The lowest BCUT2D eigenvalue weighted by molar-refractivity contribution is 0.0764. The highest BCUT2D eigenvalue weighted by Gasteiger charge is 2.15. The third-order valence-corrected chi connectivity index (χ3v) is 2.91. The molecule has 1 aromatic heterocycles. The van der Waals surface area contributed by atoms with Crippen LogP contribution in [-0.4, -0.2) is 35.9 Å². The molecule has 4 nitrogen and oxygen atoms in total. The van der Waals surface area contributed by atoms with Crippen LogP contribution < -0.4 is 5.32 Å². The predicted molar refractivity (Wildman–Crippen MR) is 75.0 cm³/mol. The summed E-state index contributed by atoms with van der Waals surface area (Å²) < 4.78 is 0. The largest absolute Gasteiger partial charge is 0.373 e. The molecule has 0 aliphatic rings. The van der Waals surface area contributed by atoms with Gasteiger partial charge in [0, 0.05) is 31.4 Å². The maximum Gasteiger partial charge on any atom is 0.254 e. The highest BCUT2D eigenvalue weighted by atomic mass is 16.2. The minimum Gasteiger partial charge on any atom is -0.373 e. The molecular formula is C14H23N3O. The lowest BCUT2D eigenvalue weighted by Gasteiger charge is -2.20. The zero-order chi connectivity index (χ0) is 13.5. The van der Waals surface area contributed by atoms with Gasteiger partial charge in [0.05, 0.1) is 0 Å². The quantitative estimate of drug-likeness (QED) is 0.842. The summed E-state index contributed by atoms with van der Waals surface area (Å²) in [5.41, 5.74) is 1.67. The van der Waals surface area contributed by atoms with Crippen molar-refractivity contribution in [3.05, 3.63) is 23.4 Å². The average Bonchev–Trinajstić information content (AvgIpc) is 2.43. The van der Waals surface area contributed by atoms with Crippen LogP contribution in [0.15, 0.2) is 12.1 Å². The molecule has 0 saturated carbocycles. The molecule has 0 unspecified atom stereocenters. The van der Waals surface area contributed by atoms with Gasteiger partial charge in [0.25, 0.3) is 5.91 Å². The van der Waals surface area contributed by atoms with Crippen molar-refractivity contribution >= 4 is 11.7 Å². The molecule has 0 spiro atoms. The van der Waals surface area contributed by atoms with Gasteiger partial charge in [-0.05, 0) is 31.9 Å². The first-order valence-corrected chi connectivity index (χ1v) is 6.64. The second-order valence-corrected chi connectivity index (χ2v) is 4.22. The zero-order valence-electron chi connectivity index (χ0n) is 11.8. The fraction of sp³-hybridized carbons (Fsp3) is 0.571. The Labute approximate surface area is 109 Å².